The summed E-state index contributed by atoms with van der Waals surface area (Å²) >= 11 is 6.30. The summed E-state index contributed by atoms with van der Waals surface area (Å²) in [5, 5.41) is 7.35. The number of amides is 1. The first-order valence-electron chi connectivity index (χ1n) is 9.46. The molecule has 3 aromatic rings. The van der Waals surface area contributed by atoms with Crippen molar-refractivity contribution in [2.45, 2.75) is 45.3 Å². The van der Waals surface area contributed by atoms with Crippen LogP contribution in [0.1, 0.15) is 45.5 Å². The average Bonchev–Trinajstić information content (AvgIpc) is 3.32. The molecule has 9 heteroatoms. The fourth-order valence-electron chi connectivity index (χ4n) is 3.62. The molecule has 0 saturated carbocycles. The Morgan fingerprint density at radius 2 is 2.14 bits per heavy atom. The van der Waals surface area contributed by atoms with Gasteiger partial charge in [-0.15, -0.1) is 0 Å². The number of likely N-dealkylation sites (tertiary alicyclic amines) is 1. The number of nitrogens with one attached hydrogen (secondary N) is 1. The zero-order chi connectivity index (χ0) is 20.8. The maximum Gasteiger partial charge on any atom is 0.410 e. The van der Waals surface area contributed by atoms with E-state index in [0.29, 0.717) is 40.4 Å². The lowest BCUT2D eigenvalue weighted by Crippen LogP contribution is -2.38. The van der Waals surface area contributed by atoms with Gasteiger partial charge in [0.1, 0.15) is 11.4 Å². The van der Waals surface area contributed by atoms with E-state index in [0.717, 1.165) is 6.42 Å². The van der Waals surface area contributed by atoms with Crippen LogP contribution < -0.4 is 5.56 Å². The molecular formula is C20H22ClN5O3. The molecule has 1 amide bonds. The first-order valence-corrected chi connectivity index (χ1v) is 9.84. The second-order valence-corrected chi connectivity index (χ2v) is 8.44. The Kier molecular flexibility index (Phi) is 4.82. The van der Waals surface area contributed by atoms with E-state index in [9.17, 15) is 9.59 Å². The van der Waals surface area contributed by atoms with E-state index in [-0.39, 0.29) is 5.56 Å². The molecule has 0 radical (unpaired) electrons. The van der Waals surface area contributed by atoms with Gasteiger partial charge in [-0.1, -0.05) is 17.7 Å². The molecule has 1 N–H and O–H groups in total. The second kappa shape index (κ2) is 7.18. The fraction of sp³-hybridized carbons (Fsp3) is 0.400. The molecule has 1 fully saturated rings. The van der Waals surface area contributed by atoms with E-state index < -0.39 is 17.7 Å². The number of aromatic amines is 1. The van der Waals surface area contributed by atoms with E-state index in [1.165, 1.54) is 4.57 Å². The normalized spacial score (nSPS) is 17.1. The number of hydrogen-bond acceptors (Lipinski definition) is 5. The first-order chi connectivity index (χ1) is 13.8. The Hall–Kier alpha value is -2.87. The summed E-state index contributed by atoms with van der Waals surface area (Å²) in [6.45, 7) is 6.02. The zero-order valence-electron chi connectivity index (χ0n) is 16.5. The Bertz CT molecular complexity index is 1120. The predicted octanol–water partition coefficient (Wildman–Crippen LogP) is 3.83. The number of aromatic nitrogens is 4. The van der Waals surface area contributed by atoms with Crippen LogP contribution in [0.5, 0.6) is 0 Å². The highest BCUT2D eigenvalue weighted by Crippen LogP contribution is 2.34. The summed E-state index contributed by atoms with van der Waals surface area (Å²) in [6.07, 6.45) is 4.21. The van der Waals surface area contributed by atoms with Crippen LogP contribution in [-0.4, -0.2) is 42.9 Å². The lowest BCUT2D eigenvalue weighted by Gasteiger charge is -2.29. The lowest BCUT2D eigenvalue weighted by atomic mass is 10.1. The smallest absolute Gasteiger partial charge is 0.410 e. The minimum Gasteiger partial charge on any atom is -0.444 e. The second-order valence-electron chi connectivity index (χ2n) is 8.03. The maximum absolute atomic E-state index is 13.4. The van der Waals surface area contributed by atoms with Gasteiger partial charge in [0, 0.05) is 12.7 Å². The number of carbonyl (C=O) groups excluding carboxylic acids is 1. The molecule has 1 aliphatic rings. The number of hydrogen-bond donors (Lipinski definition) is 1. The number of nitrogens with zero attached hydrogens (tertiary/aromatic N) is 4. The van der Waals surface area contributed by atoms with Crippen LogP contribution in [0.3, 0.4) is 0 Å². The molecule has 1 atom stereocenters. The Labute approximate surface area is 172 Å². The van der Waals surface area contributed by atoms with E-state index in [2.05, 4.69) is 10.2 Å². The molecule has 29 heavy (non-hydrogen) atoms. The molecule has 1 aliphatic heterocycles. The zero-order valence-corrected chi connectivity index (χ0v) is 17.2. The molecule has 4 rings (SSSR count). The van der Waals surface area contributed by atoms with Crippen molar-refractivity contribution in [2.75, 3.05) is 6.54 Å². The molecule has 0 spiro atoms. The standard InChI is InChI=1S/C20H22ClN5O3/c1-20(2,3)29-19(28)25-9-5-8-15(25)17-24-14-7-4-6-13(21)16(14)18(27)26(17)12-10-22-23-11-12/h4,6-7,10-11,15H,5,8-9H2,1-3H3,(H,22,23). The van der Waals surface area contributed by atoms with Crippen LogP contribution >= 0.6 is 11.6 Å². The van der Waals surface area contributed by atoms with Crippen molar-refractivity contribution in [1.29, 1.82) is 0 Å². The highest BCUT2D eigenvalue weighted by Gasteiger charge is 2.36. The SMILES string of the molecule is CC(C)(C)OC(=O)N1CCCC1c1nc2cccc(Cl)c2c(=O)n1-c1cn[nH]c1. The van der Waals surface area contributed by atoms with Crippen LogP contribution in [0.15, 0.2) is 35.4 Å². The van der Waals surface area contributed by atoms with Crippen LogP contribution in [0.2, 0.25) is 5.02 Å². The molecule has 1 aromatic carbocycles. The number of H-pyrrole nitrogens is 1. The van der Waals surface area contributed by atoms with Crippen LogP contribution in [0.4, 0.5) is 4.79 Å². The molecule has 0 bridgehead atoms. The van der Waals surface area contributed by atoms with Gasteiger partial charge < -0.3 is 4.74 Å². The summed E-state index contributed by atoms with van der Waals surface area (Å²) in [5.74, 6) is 0.467. The number of rotatable bonds is 2. The van der Waals surface area contributed by atoms with Crippen molar-refractivity contribution in [1.82, 2.24) is 24.6 Å². The van der Waals surface area contributed by atoms with Gasteiger partial charge in [-0.2, -0.15) is 5.10 Å². The van der Waals surface area contributed by atoms with Gasteiger partial charge in [0.15, 0.2) is 0 Å². The number of halogens is 1. The van der Waals surface area contributed by atoms with Crippen LogP contribution in [-0.2, 0) is 4.74 Å². The highest BCUT2D eigenvalue weighted by molar-refractivity contribution is 6.35. The largest absolute Gasteiger partial charge is 0.444 e. The van der Waals surface area contributed by atoms with Gasteiger partial charge >= 0.3 is 6.09 Å². The summed E-state index contributed by atoms with van der Waals surface area (Å²) in [4.78, 5) is 32.6. The molecule has 8 nitrogen and oxygen atoms in total. The minimum atomic E-state index is -0.612. The summed E-state index contributed by atoms with van der Waals surface area (Å²) in [6, 6.07) is 4.77. The van der Waals surface area contributed by atoms with E-state index in [1.807, 2.05) is 20.8 Å². The third kappa shape index (κ3) is 3.60. The number of ether oxygens (including phenoxy) is 1. The number of benzene rings is 1. The molecule has 0 aliphatic carbocycles. The van der Waals surface area contributed by atoms with E-state index in [1.54, 1.807) is 35.5 Å². The summed E-state index contributed by atoms with van der Waals surface area (Å²) < 4.78 is 7.05. The van der Waals surface area contributed by atoms with Gasteiger partial charge in [-0.3, -0.25) is 19.4 Å². The highest BCUT2D eigenvalue weighted by atomic mass is 35.5. The lowest BCUT2D eigenvalue weighted by molar-refractivity contribution is 0.0216. The van der Waals surface area contributed by atoms with Crippen molar-refractivity contribution in [2.24, 2.45) is 0 Å². The molecule has 1 saturated heterocycles. The van der Waals surface area contributed by atoms with E-state index >= 15 is 0 Å². The molecular weight excluding hydrogens is 394 g/mol. The Balaban J connectivity index is 1.90. The molecule has 3 heterocycles. The third-order valence-corrected chi connectivity index (χ3v) is 5.11. The van der Waals surface area contributed by atoms with Crippen molar-refractivity contribution in [3.8, 4) is 5.69 Å². The number of carbonyl (C=O) groups is 1. The van der Waals surface area contributed by atoms with Gasteiger partial charge in [0.2, 0.25) is 0 Å². The number of fused-ring (bicyclic) bond motifs is 1. The Morgan fingerprint density at radius 1 is 1.34 bits per heavy atom. The summed E-state index contributed by atoms with van der Waals surface area (Å²) in [7, 11) is 0. The molecule has 1 unspecified atom stereocenters. The van der Waals surface area contributed by atoms with Gasteiger partial charge in [-0.25, -0.2) is 9.78 Å². The van der Waals surface area contributed by atoms with Crippen molar-refractivity contribution in [3.05, 3.63) is 51.8 Å². The van der Waals surface area contributed by atoms with Gasteiger partial charge in [0.05, 0.1) is 33.9 Å². The van der Waals surface area contributed by atoms with E-state index in [4.69, 9.17) is 21.3 Å². The monoisotopic (exact) mass is 415 g/mol. The predicted molar refractivity (Wildman–Crippen MR) is 109 cm³/mol. The quantitative estimate of drug-likeness (QED) is 0.686. The summed E-state index contributed by atoms with van der Waals surface area (Å²) in [5.41, 5.74) is 0.121. The molecule has 152 valence electrons. The van der Waals surface area contributed by atoms with Crippen molar-refractivity contribution >= 4 is 28.6 Å². The fourth-order valence-corrected chi connectivity index (χ4v) is 3.87. The van der Waals surface area contributed by atoms with Crippen LogP contribution in [0.25, 0.3) is 16.6 Å². The van der Waals surface area contributed by atoms with Crippen molar-refractivity contribution in [3.63, 3.8) is 0 Å². The first kappa shape index (κ1) is 19.4. The average molecular weight is 416 g/mol. The van der Waals surface area contributed by atoms with Gasteiger partial charge in [-0.05, 0) is 45.7 Å². The maximum atomic E-state index is 13.4. The molecule has 2 aromatic heterocycles. The minimum absolute atomic E-state index is 0.298. The topological polar surface area (TPSA) is 93.1 Å². The van der Waals surface area contributed by atoms with Gasteiger partial charge in [0.25, 0.3) is 5.56 Å². The third-order valence-electron chi connectivity index (χ3n) is 4.79. The van der Waals surface area contributed by atoms with Crippen molar-refractivity contribution < 1.29 is 9.53 Å². The van der Waals surface area contributed by atoms with Crippen LogP contribution in [0, 0.1) is 0 Å². The Morgan fingerprint density at radius 3 is 2.83 bits per heavy atom.